The Morgan fingerprint density at radius 1 is 1.06 bits per heavy atom. The summed E-state index contributed by atoms with van der Waals surface area (Å²) in [6.07, 6.45) is -4.74. The van der Waals surface area contributed by atoms with E-state index in [-0.39, 0.29) is 17.0 Å². The molecule has 0 unspecified atom stereocenters. The first-order chi connectivity index (χ1) is 15.2. The number of oxime groups is 1. The lowest BCUT2D eigenvalue weighted by atomic mass is 10.1. The molecule has 0 aliphatic rings. The van der Waals surface area contributed by atoms with Gasteiger partial charge in [-0.15, -0.1) is 0 Å². The van der Waals surface area contributed by atoms with Gasteiger partial charge in [-0.1, -0.05) is 59.2 Å². The fourth-order valence-electron chi connectivity index (χ4n) is 2.93. The number of benzene rings is 2. The number of hydrogen-bond donors (Lipinski definition) is 0. The van der Waals surface area contributed by atoms with Gasteiger partial charge in [-0.3, -0.25) is 0 Å². The molecule has 0 saturated carbocycles. The lowest BCUT2D eigenvalue weighted by Crippen LogP contribution is -2.14. The molecule has 0 aliphatic heterocycles. The second-order valence-electron chi connectivity index (χ2n) is 6.75. The molecule has 162 valence electrons. The molecular weight excluding hydrogens is 445 g/mol. The summed E-state index contributed by atoms with van der Waals surface area (Å²) in [5.74, 6) is -1.01. The molecule has 0 bridgehead atoms. The van der Waals surface area contributed by atoms with Crippen LogP contribution in [0.5, 0.6) is 0 Å². The van der Waals surface area contributed by atoms with Crippen LogP contribution in [-0.4, -0.2) is 26.3 Å². The van der Waals surface area contributed by atoms with Gasteiger partial charge in [-0.25, -0.2) is 14.3 Å². The van der Waals surface area contributed by atoms with Crippen molar-refractivity contribution in [1.29, 1.82) is 0 Å². The smallest absolute Gasteiger partial charge is 0.311 e. The molecule has 6 nitrogen and oxygen atoms in total. The van der Waals surface area contributed by atoms with Crippen molar-refractivity contribution in [2.45, 2.75) is 13.1 Å². The molecule has 10 heteroatoms. The highest BCUT2D eigenvalue weighted by molar-refractivity contribution is 6.30. The summed E-state index contributed by atoms with van der Waals surface area (Å²) in [7, 11) is 0. The van der Waals surface area contributed by atoms with Crippen LogP contribution in [0, 0.1) is 0 Å². The summed E-state index contributed by atoms with van der Waals surface area (Å²) < 4.78 is 41.6. The first kappa shape index (κ1) is 21.5. The maximum atomic E-state index is 13.7. The minimum atomic E-state index is -4.74. The normalized spacial score (nSPS) is 12.2. The van der Waals surface area contributed by atoms with E-state index in [1.807, 2.05) is 6.07 Å². The van der Waals surface area contributed by atoms with Crippen molar-refractivity contribution in [1.82, 2.24) is 14.6 Å². The Kier molecular flexibility index (Phi) is 5.67. The van der Waals surface area contributed by atoms with Crippen molar-refractivity contribution in [2.75, 3.05) is 0 Å². The molecule has 2 aromatic carbocycles. The van der Waals surface area contributed by atoms with Gasteiger partial charge in [-0.05, 0) is 30.7 Å². The Balaban J connectivity index is 1.71. The number of fused-ring (bicyclic) bond motifs is 1. The van der Waals surface area contributed by atoms with E-state index in [1.165, 1.54) is 0 Å². The largest absolute Gasteiger partial charge is 0.433 e. The fourth-order valence-corrected chi connectivity index (χ4v) is 3.06. The molecule has 0 radical (unpaired) electrons. The molecule has 32 heavy (non-hydrogen) atoms. The zero-order valence-corrected chi connectivity index (χ0v) is 17.2. The average Bonchev–Trinajstić information content (AvgIpc) is 3.21. The van der Waals surface area contributed by atoms with E-state index < -0.39 is 17.8 Å². The molecular formula is C22H14ClF3N4O2. The van der Waals surface area contributed by atoms with Gasteiger partial charge >= 0.3 is 12.1 Å². The van der Waals surface area contributed by atoms with Crippen LogP contribution in [0.15, 0.2) is 71.9 Å². The summed E-state index contributed by atoms with van der Waals surface area (Å²) in [5.41, 5.74) is 0.0117. The van der Waals surface area contributed by atoms with Gasteiger partial charge in [0.05, 0.1) is 11.4 Å². The molecule has 2 aromatic heterocycles. The molecule has 0 saturated heterocycles. The van der Waals surface area contributed by atoms with Crippen molar-refractivity contribution in [3.63, 3.8) is 0 Å². The first-order valence-corrected chi connectivity index (χ1v) is 9.65. The maximum Gasteiger partial charge on any atom is 0.433 e. The summed E-state index contributed by atoms with van der Waals surface area (Å²) in [6, 6.07) is 17.1. The second kappa shape index (κ2) is 8.43. The molecule has 0 fully saturated rings. The molecule has 4 rings (SSSR count). The van der Waals surface area contributed by atoms with E-state index >= 15 is 0 Å². The fraction of sp³-hybridized carbons (Fsp3) is 0.0909. The number of nitrogens with zero attached hydrogens (tertiary/aromatic N) is 4. The van der Waals surface area contributed by atoms with Crippen molar-refractivity contribution in [2.24, 2.45) is 5.16 Å². The molecule has 0 amide bonds. The highest BCUT2D eigenvalue weighted by Gasteiger charge is 2.35. The number of hydrogen-bond acceptors (Lipinski definition) is 5. The second-order valence-corrected chi connectivity index (χ2v) is 7.19. The van der Waals surface area contributed by atoms with Crippen LogP contribution in [0.4, 0.5) is 13.2 Å². The minimum Gasteiger partial charge on any atom is -0.311 e. The van der Waals surface area contributed by atoms with Gasteiger partial charge < -0.3 is 4.84 Å². The lowest BCUT2D eigenvalue weighted by molar-refractivity contribution is -0.142. The van der Waals surface area contributed by atoms with Crippen LogP contribution in [-0.2, 0) is 11.0 Å². The SMILES string of the molecule is C/C(=N/OC(=O)c1cc2nc(-c3ccc(Cl)cc3)cc(C(F)(F)F)n2n1)c1ccccc1. The number of aromatic nitrogens is 3. The molecule has 4 aromatic rings. The number of carbonyl (C=O) groups is 1. The topological polar surface area (TPSA) is 68.8 Å². The summed E-state index contributed by atoms with van der Waals surface area (Å²) in [6.45, 7) is 1.63. The average molecular weight is 459 g/mol. The molecule has 0 spiro atoms. The van der Waals surface area contributed by atoms with Gasteiger partial charge in [0, 0.05) is 16.7 Å². The van der Waals surface area contributed by atoms with Gasteiger partial charge in [0.25, 0.3) is 0 Å². The van der Waals surface area contributed by atoms with Crippen LogP contribution in [0.3, 0.4) is 0 Å². The van der Waals surface area contributed by atoms with Crippen LogP contribution < -0.4 is 0 Å². The Labute approximate surface area is 184 Å². The molecule has 2 heterocycles. The zero-order chi connectivity index (χ0) is 22.9. The Morgan fingerprint density at radius 3 is 2.41 bits per heavy atom. The van der Waals surface area contributed by atoms with E-state index in [1.54, 1.807) is 55.5 Å². The maximum absolute atomic E-state index is 13.7. The van der Waals surface area contributed by atoms with Crippen LogP contribution in [0.25, 0.3) is 16.9 Å². The Bertz CT molecular complexity index is 1320. The van der Waals surface area contributed by atoms with Crippen molar-refractivity contribution in [3.8, 4) is 11.3 Å². The lowest BCUT2D eigenvalue weighted by Gasteiger charge is -2.11. The zero-order valence-electron chi connectivity index (χ0n) is 16.5. The highest BCUT2D eigenvalue weighted by atomic mass is 35.5. The van der Waals surface area contributed by atoms with Gasteiger partial charge in [0.1, 0.15) is 0 Å². The van der Waals surface area contributed by atoms with E-state index in [2.05, 4.69) is 15.2 Å². The third kappa shape index (κ3) is 4.47. The van der Waals surface area contributed by atoms with Crippen molar-refractivity contribution < 1.29 is 22.8 Å². The molecule has 0 N–H and O–H groups in total. The number of carbonyl (C=O) groups excluding carboxylic acids is 1. The van der Waals surface area contributed by atoms with E-state index in [9.17, 15) is 18.0 Å². The Hall–Kier alpha value is -3.72. The van der Waals surface area contributed by atoms with Crippen LogP contribution in [0.1, 0.15) is 28.7 Å². The van der Waals surface area contributed by atoms with E-state index in [0.29, 0.717) is 20.8 Å². The van der Waals surface area contributed by atoms with Crippen LogP contribution in [0.2, 0.25) is 5.02 Å². The molecule has 0 aliphatic carbocycles. The number of alkyl halides is 3. The van der Waals surface area contributed by atoms with E-state index in [0.717, 1.165) is 17.7 Å². The highest BCUT2D eigenvalue weighted by Crippen LogP contribution is 2.32. The number of rotatable bonds is 4. The van der Waals surface area contributed by atoms with Gasteiger partial charge in [0.15, 0.2) is 17.0 Å². The van der Waals surface area contributed by atoms with Crippen molar-refractivity contribution >= 4 is 28.9 Å². The Morgan fingerprint density at radius 2 is 1.75 bits per heavy atom. The molecule has 0 atom stereocenters. The first-order valence-electron chi connectivity index (χ1n) is 9.28. The summed E-state index contributed by atoms with van der Waals surface area (Å²) in [5, 5.41) is 7.93. The predicted octanol–water partition coefficient (Wildman–Crippen LogP) is 5.65. The predicted molar refractivity (Wildman–Crippen MR) is 113 cm³/mol. The third-order valence-electron chi connectivity index (χ3n) is 4.52. The quantitative estimate of drug-likeness (QED) is 0.225. The minimum absolute atomic E-state index is 0.0549. The van der Waals surface area contributed by atoms with Crippen LogP contribution >= 0.6 is 11.6 Å². The van der Waals surface area contributed by atoms with E-state index in [4.69, 9.17) is 16.4 Å². The summed E-state index contributed by atoms with van der Waals surface area (Å²) >= 11 is 5.85. The third-order valence-corrected chi connectivity index (χ3v) is 4.78. The van der Waals surface area contributed by atoms with Crippen molar-refractivity contribution in [3.05, 3.63) is 88.7 Å². The standard InChI is InChI=1S/C22H14ClF3N4O2/c1-13(14-5-3-2-4-6-14)29-32-21(31)18-12-20-27-17(15-7-9-16(23)10-8-15)11-19(22(24,25)26)30(20)28-18/h2-12H,1H3/b29-13-. The van der Waals surface area contributed by atoms with Gasteiger partial charge in [0.2, 0.25) is 0 Å². The monoisotopic (exact) mass is 458 g/mol. The van der Waals surface area contributed by atoms with Gasteiger partial charge in [-0.2, -0.15) is 18.3 Å². The summed E-state index contributed by atoms with van der Waals surface area (Å²) in [4.78, 5) is 21.5. The number of halogens is 4.